The zero-order valence-electron chi connectivity index (χ0n) is 16.9. The fourth-order valence-corrected chi connectivity index (χ4v) is 3.59. The van der Waals surface area contributed by atoms with Crippen LogP contribution in [0, 0.1) is 25.2 Å². The standard InChI is InChI=1S/C23H16Cl2F3N3O/c1-13-8-15(14(2)31(13)19-5-3-4-18(24)11-19)9-16(12-29)22(32)30-21-10-17(23(26,27)28)6-7-20(21)25/h3-11H,1-2H3,(H,30,32). The van der Waals surface area contributed by atoms with Gasteiger partial charge in [-0.1, -0.05) is 29.3 Å². The fourth-order valence-electron chi connectivity index (χ4n) is 3.24. The second kappa shape index (κ2) is 9.11. The second-order valence-electron chi connectivity index (χ2n) is 6.96. The molecule has 1 heterocycles. The van der Waals surface area contributed by atoms with Crippen LogP contribution in [0.4, 0.5) is 18.9 Å². The predicted octanol–water partition coefficient (Wildman–Crippen LogP) is 6.97. The first-order valence-electron chi connectivity index (χ1n) is 9.26. The van der Waals surface area contributed by atoms with E-state index in [1.54, 1.807) is 30.3 Å². The van der Waals surface area contributed by atoms with Crippen LogP contribution in [0.3, 0.4) is 0 Å². The number of alkyl halides is 3. The summed E-state index contributed by atoms with van der Waals surface area (Å²) in [5.41, 5.74) is 1.51. The summed E-state index contributed by atoms with van der Waals surface area (Å²) in [6.45, 7) is 3.68. The van der Waals surface area contributed by atoms with E-state index in [9.17, 15) is 23.2 Å². The monoisotopic (exact) mass is 477 g/mol. The summed E-state index contributed by atoms with van der Waals surface area (Å²) in [6, 6.07) is 13.4. The molecule has 0 radical (unpaired) electrons. The molecule has 0 bridgehead atoms. The topological polar surface area (TPSA) is 57.8 Å². The van der Waals surface area contributed by atoms with E-state index in [0.717, 1.165) is 35.3 Å². The van der Waals surface area contributed by atoms with Crippen molar-refractivity contribution in [1.29, 1.82) is 5.26 Å². The van der Waals surface area contributed by atoms with E-state index in [0.29, 0.717) is 10.6 Å². The molecule has 3 aromatic rings. The molecule has 0 spiro atoms. The Balaban J connectivity index is 1.95. The summed E-state index contributed by atoms with van der Waals surface area (Å²) in [4.78, 5) is 12.6. The summed E-state index contributed by atoms with van der Waals surface area (Å²) in [5, 5.41) is 12.3. The number of rotatable bonds is 4. The zero-order valence-corrected chi connectivity index (χ0v) is 18.4. The molecule has 0 atom stereocenters. The van der Waals surface area contributed by atoms with Gasteiger partial charge in [-0.3, -0.25) is 4.79 Å². The van der Waals surface area contributed by atoms with Crippen LogP contribution in [-0.4, -0.2) is 10.5 Å². The lowest BCUT2D eigenvalue weighted by Gasteiger charge is -2.11. The van der Waals surface area contributed by atoms with Crippen molar-refractivity contribution in [1.82, 2.24) is 4.57 Å². The van der Waals surface area contributed by atoms with Gasteiger partial charge < -0.3 is 9.88 Å². The second-order valence-corrected chi connectivity index (χ2v) is 7.80. The van der Waals surface area contributed by atoms with Gasteiger partial charge in [0.1, 0.15) is 11.6 Å². The van der Waals surface area contributed by atoms with Crippen LogP contribution in [-0.2, 0) is 11.0 Å². The normalized spacial score (nSPS) is 11.9. The lowest BCUT2D eigenvalue weighted by Crippen LogP contribution is -2.15. The van der Waals surface area contributed by atoms with Gasteiger partial charge in [0.25, 0.3) is 5.91 Å². The van der Waals surface area contributed by atoms with Gasteiger partial charge in [0, 0.05) is 22.1 Å². The molecule has 32 heavy (non-hydrogen) atoms. The van der Waals surface area contributed by atoms with Crippen molar-refractivity contribution in [2.75, 3.05) is 5.32 Å². The Morgan fingerprint density at radius 1 is 1.12 bits per heavy atom. The number of carbonyl (C=O) groups excluding carboxylic acids is 1. The van der Waals surface area contributed by atoms with Crippen LogP contribution in [0.1, 0.15) is 22.5 Å². The summed E-state index contributed by atoms with van der Waals surface area (Å²) >= 11 is 12.0. The zero-order chi connectivity index (χ0) is 23.6. The molecule has 1 amide bonds. The Hall–Kier alpha value is -3.21. The fraction of sp³-hybridized carbons (Fsp3) is 0.130. The molecule has 1 N–H and O–H groups in total. The molecule has 2 aromatic carbocycles. The van der Waals surface area contributed by atoms with Gasteiger partial charge >= 0.3 is 6.18 Å². The third kappa shape index (κ3) is 4.98. The van der Waals surface area contributed by atoms with Gasteiger partial charge in [0.2, 0.25) is 0 Å². The maximum absolute atomic E-state index is 13.0. The minimum Gasteiger partial charge on any atom is -0.320 e. The van der Waals surface area contributed by atoms with Crippen molar-refractivity contribution < 1.29 is 18.0 Å². The quantitative estimate of drug-likeness (QED) is 0.325. The number of hydrogen-bond donors (Lipinski definition) is 1. The molecule has 0 saturated heterocycles. The number of aryl methyl sites for hydroxylation is 1. The van der Waals surface area contributed by atoms with Gasteiger partial charge in [-0.15, -0.1) is 0 Å². The van der Waals surface area contributed by atoms with Crippen LogP contribution < -0.4 is 5.32 Å². The van der Waals surface area contributed by atoms with Crippen molar-refractivity contribution in [3.8, 4) is 11.8 Å². The molecule has 0 unspecified atom stereocenters. The Kier molecular flexibility index (Phi) is 6.68. The van der Waals surface area contributed by atoms with Crippen LogP contribution >= 0.6 is 23.2 Å². The molecule has 164 valence electrons. The third-order valence-electron chi connectivity index (χ3n) is 4.74. The first kappa shape index (κ1) is 23.5. The maximum atomic E-state index is 13.0. The van der Waals surface area contributed by atoms with Gasteiger partial charge in [0.15, 0.2) is 0 Å². The SMILES string of the molecule is Cc1cc(C=C(C#N)C(=O)Nc2cc(C(F)(F)F)ccc2Cl)c(C)n1-c1cccc(Cl)c1. The van der Waals surface area contributed by atoms with E-state index in [1.165, 1.54) is 6.08 Å². The highest BCUT2D eigenvalue weighted by molar-refractivity contribution is 6.34. The minimum atomic E-state index is -4.60. The number of anilines is 1. The van der Waals surface area contributed by atoms with E-state index in [4.69, 9.17) is 23.2 Å². The number of nitriles is 1. The lowest BCUT2D eigenvalue weighted by atomic mass is 10.1. The number of nitrogens with one attached hydrogen (secondary N) is 1. The minimum absolute atomic E-state index is 0.0808. The van der Waals surface area contributed by atoms with Crippen LogP contribution in [0.25, 0.3) is 11.8 Å². The molecule has 0 fully saturated rings. The lowest BCUT2D eigenvalue weighted by molar-refractivity contribution is -0.137. The first-order chi connectivity index (χ1) is 15.0. The van der Waals surface area contributed by atoms with E-state index >= 15 is 0 Å². The van der Waals surface area contributed by atoms with E-state index in [-0.39, 0.29) is 16.3 Å². The molecular formula is C23H16Cl2F3N3O. The van der Waals surface area contributed by atoms with Crippen molar-refractivity contribution in [3.63, 3.8) is 0 Å². The van der Waals surface area contributed by atoms with Crippen molar-refractivity contribution in [2.24, 2.45) is 0 Å². The molecule has 9 heteroatoms. The Labute approximate surface area is 192 Å². The summed E-state index contributed by atoms with van der Waals surface area (Å²) < 4.78 is 40.8. The highest BCUT2D eigenvalue weighted by Gasteiger charge is 2.31. The maximum Gasteiger partial charge on any atom is 0.416 e. The number of hydrogen-bond acceptors (Lipinski definition) is 2. The average Bonchev–Trinajstić information content (AvgIpc) is 2.99. The number of aromatic nitrogens is 1. The van der Waals surface area contributed by atoms with Gasteiger partial charge in [-0.05, 0) is 68.0 Å². The summed E-state index contributed by atoms with van der Waals surface area (Å²) in [7, 11) is 0. The first-order valence-corrected chi connectivity index (χ1v) is 10.0. The average molecular weight is 478 g/mol. The van der Waals surface area contributed by atoms with Crippen molar-refractivity contribution >= 4 is 40.9 Å². The molecule has 1 aromatic heterocycles. The molecule has 0 aliphatic carbocycles. The molecule has 0 aliphatic heterocycles. The molecule has 0 saturated carbocycles. The van der Waals surface area contributed by atoms with Crippen LogP contribution in [0.2, 0.25) is 10.0 Å². The van der Waals surface area contributed by atoms with Crippen molar-refractivity contribution in [2.45, 2.75) is 20.0 Å². The van der Waals surface area contributed by atoms with Gasteiger partial charge in [-0.2, -0.15) is 18.4 Å². The Morgan fingerprint density at radius 2 is 1.84 bits per heavy atom. The smallest absolute Gasteiger partial charge is 0.320 e. The highest BCUT2D eigenvalue weighted by Crippen LogP contribution is 2.34. The van der Waals surface area contributed by atoms with Crippen LogP contribution in [0.15, 0.2) is 54.1 Å². The number of nitrogens with zero attached hydrogens (tertiary/aromatic N) is 2. The van der Waals surface area contributed by atoms with E-state index in [2.05, 4.69) is 5.32 Å². The van der Waals surface area contributed by atoms with Gasteiger partial charge in [-0.25, -0.2) is 0 Å². The number of amides is 1. The van der Waals surface area contributed by atoms with E-state index in [1.807, 2.05) is 24.5 Å². The number of carbonyl (C=O) groups is 1. The Bertz CT molecular complexity index is 1270. The number of benzene rings is 2. The molecule has 3 rings (SSSR count). The largest absolute Gasteiger partial charge is 0.416 e. The molecule has 0 aliphatic rings. The number of halogens is 5. The molecular weight excluding hydrogens is 462 g/mol. The van der Waals surface area contributed by atoms with Gasteiger partial charge in [0.05, 0.1) is 16.3 Å². The predicted molar refractivity (Wildman–Crippen MR) is 119 cm³/mol. The summed E-state index contributed by atoms with van der Waals surface area (Å²) in [6.07, 6.45) is -3.23. The molecule has 4 nitrogen and oxygen atoms in total. The highest BCUT2D eigenvalue weighted by atomic mass is 35.5. The summed E-state index contributed by atoms with van der Waals surface area (Å²) in [5.74, 6) is -0.874. The third-order valence-corrected chi connectivity index (χ3v) is 5.31. The van der Waals surface area contributed by atoms with Crippen LogP contribution in [0.5, 0.6) is 0 Å². The van der Waals surface area contributed by atoms with E-state index < -0.39 is 17.6 Å². The Morgan fingerprint density at radius 3 is 2.47 bits per heavy atom. The van der Waals surface area contributed by atoms with Crippen molar-refractivity contribution in [3.05, 3.63) is 86.7 Å².